The van der Waals surface area contributed by atoms with Crippen LogP contribution in [0, 0.1) is 11.7 Å². The molecule has 6 heteroatoms. The molecule has 0 bridgehead atoms. The van der Waals surface area contributed by atoms with Crippen molar-refractivity contribution in [1.82, 2.24) is 20.1 Å². The first-order chi connectivity index (χ1) is 9.61. The Kier molecular flexibility index (Phi) is 4.68. The Labute approximate surface area is 123 Å². The number of rotatable bonds is 5. The molecule has 1 aromatic heterocycles. The van der Waals surface area contributed by atoms with E-state index in [-0.39, 0.29) is 12.5 Å². The second-order valence-electron chi connectivity index (χ2n) is 4.66. The van der Waals surface area contributed by atoms with E-state index in [0.29, 0.717) is 17.1 Å². The van der Waals surface area contributed by atoms with Gasteiger partial charge in [-0.2, -0.15) is 5.10 Å². The van der Waals surface area contributed by atoms with E-state index < -0.39 is 0 Å². The Hall–Kier alpha value is -1.95. The molecule has 2 aromatic rings. The maximum atomic E-state index is 11.9. The maximum Gasteiger partial charge on any atom is 0.240 e. The van der Waals surface area contributed by atoms with Crippen LogP contribution >= 0.6 is 12.2 Å². The molecule has 0 spiro atoms. The van der Waals surface area contributed by atoms with Gasteiger partial charge in [0.15, 0.2) is 10.6 Å². The summed E-state index contributed by atoms with van der Waals surface area (Å²) in [6, 6.07) is 7.96. The molecular weight excluding hydrogens is 272 g/mol. The van der Waals surface area contributed by atoms with Gasteiger partial charge in [-0.25, -0.2) is 0 Å². The summed E-state index contributed by atoms with van der Waals surface area (Å²) in [6.07, 6.45) is 0.910. The predicted molar refractivity (Wildman–Crippen MR) is 80.9 cm³/mol. The van der Waals surface area contributed by atoms with Crippen molar-refractivity contribution in [3.8, 4) is 11.4 Å². The fourth-order valence-electron chi connectivity index (χ4n) is 1.93. The molecule has 0 unspecified atom stereocenters. The van der Waals surface area contributed by atoms with Crippen LogP contribution in [-0.2, 0) is 11.3 Å². The van der Waals surface area contributed by atoms with Crippen LogP contribution in [0.25, 0.3) is 11.4 Å². The number of carbonyl (C=O) groups is 1. The van der Waals surface area contributed by atoms with Crippen molar-refractivity contribution in [2.24, 2.45) is 0 Å². The van der Waals surface area contributed by atoms with Crippen LogP contribution in [0.15, 0.2) is 24.3 Å². The quantitative estimate of drug-likeness (QED) is 0.831. The number of nitrogens with zero attached hydrogens (tertiary/aromatic N) is 2. The highest BCUT2D eigenvalue weighted by Crippen LogP contribution is 2.18. The molecule has 5 nitrogen and oxygen atoms in total. The summed E-state index contributed by atoms with van der Waals surface area (Å²) in [6.45, 7) is 4.88. The average Bonchev–Trinajstić information content (AvgIpc) is 2.78. The molecule has 0 saturated heterocycles. The second-order valence-corrected chi connectivity index (χ2v) is 5.04. The molecule has 0 aliphatic carbocycles. The second kappa shape index (κ2) is 6.47. The number of aromatic amines is 1. The third kappa shape index (κ3) is 3.33. The van der Waals surface area contributed by atoms with Crippen molar-refractivity contribution in [2.75, 3.05) is 6.54 Å². The number of hydrogen-bond acceptors (Lipinski definition) is 3. The van der Waals surface area contributed by atoms with Crippen LogP contribution < -0.4 is 5.32 Å². The lowest BCUT2D eigenvalue weighted by Gasteiger charge is -2.08. The number of aromatic nitrogens is 3. The van der Waals surface area contributed by atoms with Crippen LogP contribution in [0.4, 0.5) is 0 Å². The average molecular weight is 290 g/mol. The van der Waals surface area contributed by atoms with Gasteiger partial charge in [0.05, 0.1) is 0 Å². The summed E-state index contributed by atoms with van der Waals surface area (Å²) in [5.41, 5.74) is 2.08. The van der Waals surface area contributed by atoms with Crippen molar-refractivity contribution in [2.45, 2.75) is 26.8 Å². The van der Waals surface area contributed by atoms with Crippen LogP contribution in [0.3, 0.4) is 0 Å². The van der Waals surface area contributed by atoms with Gasteiger partial charge >= 0.3 is 0 Å². The van der Waals surface area contributed by atoms with Gasteiger partial charge in [0.2, 0.25) is 5.91 Å². The molecule has 1 amide bonds. The lowest BCUT2D eigenvalue weighted by molar-refractivity contribution is -0.121. The van der Waals surface area contributed by atoms with Crippen LogP contribution in [0.2, 0.25) is 0 Å². The summed E-state index contributed by atoms with van der Waals surface area (Å²) in [5.74, 6) is 0.628. The van der Waals surface area contributed by atoms with E-state index >= 15 is 0 Å². The molecule has 0 radical (unpaired) electrons. The van der Waals surface area contributed by atoms with Gasteiger partial charge in [-0.15, -0.1) is 0 Å². The number of amides is 1. The number of nitrogens with one attached hydrogen (secondary N) is 2. The maximum absolute atomic E-state index is 11.9. The third-order valence-electron chi connectivity index (χ3n) is 2.91. The fraction of sp³-hybridized carbons (Fsp3) is 0.357. The van der Waals surface area contributed by atoms with E-state index in [1.54, 1.807) is 4.57 Å². The molecule has 0 atom stereocenters. The summed E-state index contributed by atoms with van der Waals surface area (Å²) in [7, 11) is 0. The smallest absolute Gasteiger partial charge is 0.240 e. The van der Waals surface area contributed by atoms with Crippen LogP contribution in [0.1, 0.15) is 18.9 Å². The number of hydrogen-bond donors (Lipinski definition) is 2. The Bertz CT molecular complexity index is 659. The zero-order valence-corrected chi connectivity index (χ0v) is 12.5. The summed E-state index contributed by atoms with van der Waals surface area (Å²) in [4.78, 5) is 11.9. The molecule has 20 heavy (non-hydrogen) atoms. The molecule has 0 fully saturated rings. The van der Waals surface area contributed by atoms with Crippen molar-refractivity contribution in [3.63, 3.8) is 0 Å². The highest BCUT2D eigenvalue weighted by Gasteiger charge is 2.11. The molecular formula is C14H18N4OS. The molecule has 1 heterocycles. The van der Waals surface area contributed by atoms with Gasteiger partial charge < -0.3 is 5.32 Å². The molecule has 106 valence electrons. The SMILES string of the molecule is CCCNC(=O)Cn1c(-c2cccc(C)c2)n[nH]c1=S. The van der Waals surface area contributed by atoms with E-state index in [1.807, 2.05) is 38.1 Å². The third-order valence-corrected chi connectivity index (χ3v) is 3.22. The van der Waals surface area contributed by atoms with E-state index in [1.165, 1.54) is 0 Å². The Balaban J connectivity index is 2.28. The van der Waals surface area contributed by atoms with Gasteiger partial charge in [0, 0.05) is 12.1 Å². The van der Waals surface area contributed by atoms with E-state index in [4.69, 9.17) is 12.2 Å². The molecule has 2 rings (SSSR count). The number of carbonyl (C=O) groups excluding carboxylic acids is 1. The van der Waals surface area contributed by atoms with E-state index in [2.05, 4.69) is 15.5 Å². The summed E-state index contributed by atoms with van der Waals surface area (Å²) >= 11 is 5.20. The van der Waals surface area contributed by atoms with Gasteiger partial charge in [-0.1, -0.05) is 30.7 Å². The van der Waals surface area contributed by atoms with Gasteiger partial charge in [-0.3, -0.25) is 14.5 Å². The lowest BCUT2D eigenvalue weighted by Crippen LogP contribution is -2.28. The van der Waals surface area contributed by atoms with Crippen molar-refractivity contribution >= 4 is 18.1 Å². The van der Waals surface area contributed by atoms with E-state index in [0.717, 1.165) is 17.5 Å². The van der Waals surface area contributed by atoms with Crippen molar-refractivity contribution in [1.29, 1.82) is 0 Å². The first-order valence-corrected chi connectivity index (χ1v) is 7.01. The first kappa shape index (κ1) is 14.5. The Morgan fingerprint density at radius 3 is 3.00 bits per heavy atom. The van der Waals surface area contributed by atoms with Crippen LogP contribution in [-0.4, -0.2) is 27.2 Å². The largest absolute Gasteiger partial charge is 0.355 e. The molecule has 0 aliphatic rings. The Morgan fingerprint density at radius 1 is 1.50 bits per heavy atom. The van der Waals surface area contributed by atoms with Gasteiger partial charge in [0.25, 0.3) is 0 Å². The zero-order valence-electron chi connectivity index (χ0n) is 11.6. The molecule has 0 saturated carbocycles. The first-order valence-electron chi connectivity index (χ1n) is 6.60. The zero-order chi connectivity index (χ0) is 14.5. The minimum Gasteiger partial charge on any atom is -0.355 e. The van der Waals surface area contributed by atoms with Crippen molar-refractivity contribution < 1.29 is 4.79 Å². The summed E-state index contributed by atoms with van der Waals surface area (Å²) < 4.78 is 2.17. The monoisotopic (exact) mass is 290 g/mol. The summed E-state index contributed by atoms with van der Waals surface area (Å²) in [5, 5.41) is 9.82. The standard InChI is InChI=1S/C14H18N4OS/c1-3-7-15-12(19)9-18-13(16-17-14(18)20)11-6-4-5-10(2)8-11/h4-6,8H,3,7,9H2,1-2H3,(H,15,19)(H,17,20). The normalized spacial score (nSPS) is 10.5. The highest BCUT2D eigenvalue weighted by molar-refractivity contribution is 7.71. The number of aryl methyl sites for hydroxylation is 1. The topological polar surface area (TPSA) is 62.7 Å². The molecule has 2 N–H and O–H groups in total. The minimum atomic E-state index is -0.0572. The van der Waals surface area contributed by atoms with Gasteiger partial charge in [-0.05, 0) is 31.6 Å². The minimum absolute atomic E-state index is 0.0572. The van der Waals surface area contributed by atoms with E-state index in [9.17, 15) is 4.79 Å². The molecule has 1 aromatic carbocycles. The fourth-order valence-corrected chi connectivity index (χ4v) is 2.13. The van der Waals surface area contributed by atoms with Gasteiger partial charge in [0.1, 0.15) is 6.54 Å². The lowest BCUT2D eigenvalue weighted by atomic mass is 10.1. The number of benzene rings is 1. The van der Waals surface area contributed by atoms with Crippen molar-refractivity contribution in [3.05, 3.63) is 34.6 Å². The predicted octanol–water partition coefficient (Wildman–Crippen LogP) is 2.44. The highest BCUT2D eigenvalue weighted by atomic mass is 32.1. The van der Waals surface area contributed by atoms with Crippen LogP contribution in [0.5, 0.6) is 0 Å². The molecule has 0 aliphatic heterocycles. The number of H-pyrrole nitrogens is 1. The Morgan fingerprint density at radius 2 is 2.30 bits per heavy atom.